The molecule has 4 nitrogen and oxygen atoms in total. The summed E-state index contributed by atoms with van der Waals surface area (Å²) in [6.07, 6.45) is 2.39. The molecule has 1 amide bonds. The molecule has 0 aromatic heterocycles. The normalized spacial score (nSPS) is 15.1. The van der Waals surface area contributed by atoms with E-state index in [-0.39, 0.29) is 5.91 Å². The summed E-state index contributed by atoms with van der Waals surface area (Å²) >= 11 is 0. The summed E-state index contributed by atoms with van der Waals surface area (Å²) in [7, 11) is 4.10. The van der Waals surface area contributed by atoms with Gasteiger partial charge in [0.15, 0.2) is 0 Å². The molecule has 1 heterocycles. The second-order valence-electron chi connectivity index (χ2n) is 5.09. The molecule has 0 unspecified atom stereocenters. The lowest BCUT2D eigenvalue weighted by Crippen LogP contribution is -2.37. The molecule has 1 aromatic rings. The summed E-state index contributed by atoms with van der Waals surface area (Å²) in [6.45, 7) is 1.78. The van der Waals surface area contributed by atoms with Gasteiger partial charge in [0.1, 0.15) is 0 Å². The van der Waals surface area contributed by atoms with Gasteiger partial charge in [0.25, 0.3) is 0 Å². The lowest BCUT2D eigenvalue weighted by atomic mass is 10.0. The van der Waals surface area contributed by atoms with E-state index in [1.165, 1.54) is 5.56 Å². The first-order valence-electron chi connectivity index (χ1n) is 6.41. The Morgan fingerprint density at radius 1 is 1.33 bits per heavy atom. The van der Waals surface area contributed by atoms with Crippen molar-refractivity contribution in [2.24, 2.45) is 0 Å². The third-order valence-corrected chi connectivity index (χ3v) is 3.29. The molecule has 0 spiro atoms. The van der Waals surface area contributed by atoms with Crippen LogP contribution in [-0.2, 0) is 11.2 Å². The van der Waals surface area contributed by atoms with Gasteiger partial charge in [-0.25, -0.2) is 0 Å². The van der Waals surface area contributed by atoms with E-state index in [9.17, 15) is 4.79 Å². The molecule has 0 radical (unpaired) electrons. The van der Waals surface area contributed by atoms with Crippen molar-refractivity contribution >= 4 is 17.3 Å². The van der Waals surface area contributed by atoms with Crippen LogP contribution in [0.3, 0.4) is 0 Å². The predicted molar refractivity (Wildman–Crippen MR) is 74.7 cm³/mol. The van der Waals surface area contributed by atoms with E-state index in [1.807, 2.05) is 37.2 Å². The highest BCUT2D eigenvalue weighted by atomic mass is 16.2. The number of fused-ring (bicyclic) bond motifs is 1. The van der Waals surface area contributed by atoms with Gasteiger partial charge >= 0.3 is 0 Å². The van der Waals surface area contributed by atoms with Crippen LogP contribution in [0.25, 0.3) is 0 Å². The zero-order chi connectivity index (χ0) is 13.1. The second kappa shape index (κ2) is 5.40. The fourth-order valence-electron chi connectivity index (χ4n) is 2.37. The molecule has 0 fully saturated rings. The molecule has 98 valence electrons. The maximum atomic E-state index is 12.0. The highest BCUT2D eigenvalue weighted by Crippen LogP contribution is 2.29. The quantitative estimate of drug-likeness (QED) is 0.820. The SMILES string of the molecule is CN(C)CCCN1C(=O)CCc2cc(N)ccc21. The first-order chi connectivity index (χ1) is 8.58. The van der Waals surface area contributed by atoms with Crippen LogP contribution in [0.5, 0.6) is 0 Å². The average Bonchev–Trinajstić information content (AvgIpc) is 2.31. The third-order valence-electron chi connectivity index (χ3n) is 3.29. The number of hydrogen-bond acceptors (Lipinski definition) is 3. The number of benzene rings is 1. The van der Waals surface area contributed by atoms with Crippen LogP contribution >= 0.6 is 0 Å². The van der Waals surface area contributed by atoms with Crippen LogP contribution in [0.2, 0.25) is 0 Å². The Labute approximate surface area is 108 Å². The van der Waals surface area contributed by atoms with Gasteiger partial charge in [0, 0.05) is 24.3 Å². The maximum absolute atomic E-state index is 12.0. The minimum Gasteiger partial charge on any atom is -0.399 e. The van der Waals surface area contributed by atoms with Crippen molar-refractivity contribution in [2.75, 3.05) is 37.8 Å². The average molecular weight is 247 g/mol. The number of nitrogens with zero attached hydrogens (tertiary/aromatic N) is 2. The zero-order valence-electron chi connectivity index (χ0n) is 11.1. The fraction of sp³-hybridized carbons (Fsp3) is 0.500. The maximum Gasteiger partial charge on any atom is 0.227 e. The van der Waals surface area contributed by atoms with Crippen LogP contribution in [0, 0.1) is 0 Å². The van der Waals surface area contributed by atoms with E-state index in [4.69, 9.17) is 5.73 Å². The first kappa shape index (κ1) is 12.9. The van der Waals surface area contributed by atoms with E-state index in [0.717, 1.165) is 37.3 Å². The highest BCUT2D eigenvalue weighted by molar-refractivity contribution is 5.96. The van der Waals surface area contributed by atoms with Crippen molar-refractivity contribution in [3.8, 4) is 0 Å². The summed E-state index contributed by atoms with van der Waals surface area (Å²) in [5.41, 5.74) is 8.80. The first-order valence-corrected chi connectivity index (χ1v) is 6.41. The van der Waals surface area contributed by atoms with E-state index in [2.05, 4.69) is 4.90 Å². The van der Waals surface area contributed by atoms with Crippen molar-refractivity contribution in [3.63, 3.8) is 0 Å². The lowest BCUT2D eigenvalue weighted by Gasteiger charge is -2.30. The number of nitrogens with two attached hydrogens (primary N) is 1. The molecule has 1 aliphatic rings. The smallest absolute Gasteiger partial charge is 0.227 e. The van der Waals surface area contributed by atoms with Crippen molar-refractivity contribution < 1.29 is 4.79 Å². The topological polar surface area (TPSA) is 49.6 Å². The minimum absolute atomic E-state index is 0.228. The zero-order valence-corrected chi connectivity index (χ0v) is 11.1. The summed E-state index contributed by atoms with van der Waals surface area (Å²) in [5.74, 6) is 0.228. The molecule has 0 atom stereocenters. The number of nitrogen functional groups attached to an aromatic ring is 1. The van der Waals surface area contributed by atoms with Gasteiger partial charge in [-0.05, 0) is 57.2 Å². The minimum atomic E-state index is 0.228. The number of carbonyl (C=O) groups excluding carboxylic acids is 1. The summed E-state index contributed by atoms with van der Waals surface area (Å²) in [5, 5.41) is 0. The van der Waals surface area contributed by atoms with Crippen molar-refractivity contribution in [2.45, 2.75) is 19.3 Å². The Morgan fingerprint density at radius 2 is 2.11 bits per heavy atom. The summed E-state index contributed by atoms with van der Waals surface area (Å²) in [4.78, 5) is 16.0. The molecular formula is C14H21N3O. The Balaban J connectivity index is 2.12. The van der Waals surface area contributed by atoms with Crippen LogP contribution in [-0.4, -0.2) is 38.0 Å². The largest absolute Gasteiger partial charge is 0.399 e. The van der Waals surface area contributed by atoms with Crippen LogP contribution in [0.1, 0.15) is 18.4 Å². The molecule has 18 heavy (non-hydrogen) atoms. The number of amides is 1. The standard InChI is InChI=1S/C14H21N3O/c1-16(2)8-3-9-17-13-6-5-12(15)10-11(13)4-7-14(17)18/h5-6,10H,3-4,7-9,15H2,1-2H3. The van der Waals surface area contributed by atoms with Gasteiger partial charge in [-0.2, -0.15) is 0 Å². The van der Waals surface area contributed by atoms with E-state index in [1.54, 1.807) is 0 Å². The number of hydrogen-bond donors (Lipinski definition) is 1. The molecule has 0 bridgehead atoms. The van der Waals surface area contributed by atoms with Gasteiger partial charge in [-0.3, -0.25) is 4.79 Å². The van der Waals surface area contributed by atoms with Crippen LogP contribution in [0.15, 0.2) is 18.2 Å². The van der Waals surface area contributed by atoms with Crippen LogP contribution in [0.4, 0.5) is 11.4 Å². The number of aryl methyl sites for hydroxylation is 1. The number of rotatable bonds is 4. The molecule has 2 rings (SSSR count). The van der Waals surface area contributed by atoms with E-state index in [0.29, 0.717) is 6.42 Å². The van der Waals surface area contributed by atoms with Crippen molar-refractivity contribution in [1.82, 2.24) is 4.90 Å². The molecule has 2 N–H and O–H groups in total. The summed E-state index contributed by atoms with van der Waals surface area (Å²) in [6, 6.07) is 5.83. The van der Waals surface area contributed by atoms with Crippen molar-refractivity contribution in [1.29, 1.82) is 0 Å². The third kappa shape index (κ3) is 2.82. The molecule has 1 aliphatic heterocycles. The van der Waals surface area contributed by atoms with E-state index >= 15 is 0 Å². The van der Waals surface area contributed by atoms with E-state index < -0.39 is 0 Å². The lowest BCUT2D eigenvalue weighted by molar-refractivity contribution is -0.118. The number of anilines is 2. The predicted octanol–water partition coefficient (Wildman–Crippen LogP) is 1.50. The molecule has 4 heteroatoms. The second-order valence-corrected chi connectivity index (χ2v) is 5.09. The van der Waals surface area contributed by atoms with Crippen LogP contribution < -0.4 is 10.6 Å². The Kier molecular flexibility index (Phi) is 3.87. The van der Waals surface area contributed by atoms with Gasteiger partial charge in [0.05, 0.1) is 0 Å². The molecule has 1 aromatic carbocycles. The van der Waals surface area contributed by atoms with Crippen molar-refractivity contribution in [3.05, 3.63) is 23.8 Å². The summed E-state index contributed by atoms with van der Waals surface area (Å²) < 4.78 is 0. The molecule has 0 aliphatic carbocycles. The highest BCUT2D eigenvalue weighted by Gasteiger charge is 2.23. The number of carbonyl (C=O) groups is 1. The Morgan fingerprint density at radius 3 is 2.83 bits per heavy atom. The fourth-order valence-corrected chi connectivity index (χ4v) is 2.37. The molecule has 0 saturated carbocycles. The molecule has 0 saturated heterocycles. The molecular weight excluding hydrogens is 226 g/mol. The van der Waals surface area contributed by atoms with Gasteiger partial charge in [0.2, 0.25) is 5.91 Å². The Hall–Kier alpha value is -1.55. The van der Waals surface area contributed by atoms with Gasteiger partial charge in [-0.1, -0.05) is 0 Å². The van der Waals surface area contributed by atoms with Gasteiger partial charge in [-0.15, -0.1) is 0 Å². The van der Waals surface area contributed by atoms with Gasteiger partial charge < -0.3 is 15.5 Å². The Bertz CT molecular complexity index is 443. The monoisotopic (exact) mass is 247 g/mol.